The Hall–Kier alpha value is -2.96. The van der Waals surface area contributed by atoms with Crippen LogP contribution in [0.3, 0.4) is 0 Å². The lowest BCUT2D eigenvalue weighted by molar-refractivity contribution is 0.338. The van der Waals surface area contributed by atoms with Crippen molar-refractivity contribution in [1.82, 2.24) is 0 Å². The maximum absolute atomic E-state index is 11.7. The van der Waals surface area contributed by atoms with Crippen molar-refractivity contribution in [1.29, 1.82) is 10.5 Å². The maximum atomic E-state index is 11.7. The third kappa shape index (κ3) is 8.59. The zero-order valence-electron chi connectivity index (χ0n) is 16.6. The van der Waals surface area contributed by atoms with Crippen LogP contribution in [-0.4, -0.2) is 39.8 Å². The van der Waals surface area contributed by atoms with E-state index in [-0.39, 0.29) is 34.1 Å². The van der Waals surface area contributed by atoms with E-state index in [1.54, 1.807) is 12.1 Å². The minimum absolute atomic E-state index is 0.214. The quantitative estimate of drug-likeness (QED) is 0.344. The number of hydrogen-bond donors (Lipinski definition) is 0. The van der Waals surface area contributed by atoms with E-state index in [1.807, 2.05) is 13.8 Å². The predicted molar refractivity (Wildman–Crippen MR) is 110 cm³/mol. The molecule has 10 nitrogen and oxygen atoms in total. The Balaban J connectivity index is 2.99. The first kappa shape index (κ1) is 25.1. The van der Waals surface area contributed by atoms with Crippen LogP contribution in [0.4, 0.5) is 0 Å². The van der Waals surface area contributed by atoms with Gasteiger partial charge in [-0.2, -0.15) is 27.4 Å². The van der Waals surface area contributed by atoms with Gasteiger partial charge >= 0.3 is 20.2 Å². The number of hydrogen-bond acceptors (Lipinski definition) is 10. The van der Waals surface area contributed by atoms with Gasteiger partial charge in [0.25, 0.3) is 0 Å². The molecular formula is C18H22N4O6S2. The molecule has 0 fully saturated rings. The van der Waals surface area contributed by atoms with E-state index in [4.69, 9.17) is 0 Å². The summed E-state index contributed by atoms with van der Waals surface area (Å²) >= 11 is 0. The van der Waals surface area contributed by atoms with Crippen molar-refractivity contribution >= 4 is 31.7 Å². The normalized spacial score (nSPS) is 12.7. The predicted octanol–water partition coefficient (Wildman–Crippen LogP) is 2.43. The second-order valence-electron chi connectivity index (χ2n) is 6.06. The van der Waals surface area contributed by atoms with E-state index in [9.17, 15) is 27.4 Å². The van der Waals surface area contributed by atoms with Crippen LogP contribution in [0.15, 0.2) is 34.6 Å². The van der Waals surface area contributed by atoms with E-state index < -0.39 is 20.2 Å². The van der Waals surface area contributed by atoms with Crippen LogP contribution in [0.25, 0.3) is 0 Å². The molecule has 1 aromatic rings. The Labute approximate surface area is 176 Å². The third-order valence-electron chi connectivity index (χ3n) is 3.62. The van der Waals surface area contributed by atoms with E-state index in [2.05, 4.69) is 18.9 Å². The number of nitrogens with zero attached hydrogens (tertiary/aromatic N) is 4. The molecule has 0 aliphatic heterocycles. The van der Waals surface area contributed by atoms with Gasteiger partial charge in [-0.25, -0.2) is 0 Å². The smallest absolute Gasteiger partial charge is 0.267 e. The molecule has 0 aliphatic carbocycles. The highest BCUT2D eigenvalue weighted by molar-refractivity contribution is 7.86. The summed E-state index contributed by atoms with van der Waals surface area (Å²) < 4.78 is 55.8. The molecule has 0 radical (unpaired) electrons. The molecule has 0 spiro atoms. The monoisotopic (exact) mass is 454 g/mol. The topological polar surface area (TPSA) is 159 Å². The second-order valence-corrected chi connectivity index (χ2v) is 9.41. The highest BCUT2D eigenvalue weighted by Gasteiger charge is 2.14. The summed E-state index contributed by atoms with van der Waals surface area (Å²) in [4.78, 5) is 0. The average Bonchev–Trinajstić information content (AvgIpc) is 2.72. The molecule has 0 atom stereocenters. The SMILES string of the molecule is CCCCS(=O)(=O)O/N=C(\C#N)c1ccc(/C(C#N)=N/OS(=O)(=O)CCCC)cc1. The Morgan fingerprint density at radius 3 is 1.40 bits per heavy atom. The van der Waals surface area contributed by atoms with Gasteiger partial charge in [0.1, 0.15) is 12.1 Å². The van der Waals surface area contributed by atoms with Crippen LogP contribution in [-0.2, 0) is 28.8 Å². The van der Waals surface area contributed by atoms with Crippen molar-refractivity contribution in [3.63, 3.8) is 0 Å². The molecule has 1 aromatic carbocycles. The van der Waals surface area contributed by atoms with Gasteiger partial charge in [-0.05, 0) is 12.8 Å². The van der Waals surface area contributed by atoms with Crippen LogP contribution in [0.1, 0.15) is 50.7 Å². The summed E-state index contributed by atoms with van der Waals surface area (Å²) in [5, 5.41) is 25.2. The summed E-state index contributed by atoms with van der Waals surface area (Å²) in [6.07, 6.45) is 2.12. The number of unbranched alkanes of at least 4 members (excludes halogenated alkanes) is 2. The number of rotatable bonds is 12. The first-order chi connectivity index (χ1) is 14.2. The van der Waals surface area contributed by atoms with Crippen molar-refractivity contribution < 1.29 is 25.4 Å². The lowest BCUT2D eigenvalue weighted by Crippen LogP contribution is -2.10. The fourth-order valence-electron chi connectivity index (χ4n) is 1.97. The van der Waals surface area contributed by atoms with Gasteiger partial charge in [-0.3, -0.25) is 8.57 Å². The zero-order valence-corrected chi connectivity index (χ0v) is 18.2. The van der Waals surface area contributed by atoms with E-state index in [1.165, 1.54) is 24.3 Å². The Kier molecular flexibility index (Phi) is 9.95. The maximum Gasteiger partial charge on any atom is 0.328 e. The fourth-order valence-corrected chi connectivity index (χ4v) is 3.78. The number of benzene rings is 1. The largest absolute Gasteiger partial charge is 0.328 e. The fraction of sp³-hybridized carbons (Fsp3) is 0.444. The molecule has 0 bridgehead atoms. The van der Waals surface area contributed by atoms with Crippen LogP contribution in [0.5, 0.6) is 0 Å². The van der Waals surface area contributed by atoms with Gasteiger partial charge in [-0.15, -0.1) is 0 Å². The average molecular weight is 455 g/mol. The highest BCUT2D eigenvalue weighted by atomic mass is 32.2. The van der Waals surface area contributed by atoms with Crippen molar-refractivity contribution in [3.05, 3.63) is 35.4 Å². The van der Waals surface area contributed by atoms with Gasteiger partial charge in [0, 0.05) is 11.1 Å². The summed E-state index contributed by atoms with van der Waals surface area (Å²) in [5.41, 5.74) is -0.0904. The second kappa shape index (κ2) is 11.9. The molecule has 0 unspecified atom stereocenters. The number of nitriles is 2. The van der Waals surface area contributed by atoms with E-state index >= 15 is 0 Å². The molecule has 1 rings (SSSR count). The first-order valence-corrected chi connectivity index (χ1v) is 12.2. The molecule has 0 saturated heterocycles. The molecule has 0 aromatic heterocycles. The van der Waals surface area contributed by atoms with Gasteiger partial charge in [0.2, 0.25) is 0 Å². The Morgan fingerprint density at radius 2 is 1.13 bits per heavy atom. The van der Waals surface area contributed by atoms with Crippen LogP contribution in [0, 0.1) is 22.7 Å². The lowest BCUT2D eigenvalue weighted by Gasteiger charge is -2.03. The summed E-state index contributed by atoms with van der Waals surface area (Å²) in [5.74, 6) is -0.429. The van der Waals surface area contributed by atoms with Crippen LogP contribution >= 0.6 is 0 Å². The standard InChI is InChI=1S/C18H22N4O6S2/c1-3-5-11-29(23,24)27-21-17(13-19)15-7-9-16(10-8-15)18(14-20)22-28-30(25,26)12-6-4-2/h7-10H,3-6,11-12H2,1-2H3/b21-17+,22-18+. The van der Waals surface area contributed by atoms with Crippen molar-refractivity contribution in [3.8, 4) is 12.1 Å². The summed E-state index contributed by atoms with van der Waals surface area (Å²) in [7, 11) is -7.77. The van der Waals surface area contributed by atoms with Gasteiger partial charge in [0.05, 0.1) is 11.5 Å². The molecule has 0 heterocycles. The molecule has 12 heteroatoms. The van der Waals surface area contributed by atoms with Gasteiger partial charge < -0.3 is 0 Å². The van der Waals surface area contributed by atoms with Crippen molar-refractivity contribution in [2.75, 3.05) is 11.5 Å². The minimum Gasteiger partial charge on any atom is -0.267 e. The number of oxime groups is 2. The molecule has 0 aliphatic rings. The van der Waals surface area contributed by atoms with Crippen molar-refractivity contribution in [2.24, 2.45) is 10.3 Å². The Morgan fingerprint density at radius 1 is 0.800 bits per heavy atom. The minimum atomic E-state index is -3.88. The zero-order chi connectivity index (χ0) is 22.6. The van der Waals surface area contributed by atoms with E-state index in [0.29, 0.717) is 25.7 Å². The molecule has 0 saturated carbocycles. The van der Waals surface area contributed by atoms with E-state index in [0.717, 1.165) is 0 Å². The van der Waals surface area contributed by atoms with Crippen LogP contribution < -0.4 is 0 Å². The Bertz CT molecular complexity index is 976. The summed E-state index contributed by atoms with van der Waals surface area (Å²) in [6, 6.07) is 9.02. The molecule has 162 valence electrons. The third-order valence-corrected chi connectivity index (χ3v) is 5.80. The highest BCUT2D eigenvalue weighted by Crippen LogP contribution is 2.10. The van der Waals surface area contributed by atoms with Crippen molar-refractivity contribution in [2.45, 2.75) is 39.5 Å². The van der Waals surface area contributed by atoms with Gasteiger partial charge in [-0.1, -0.05) is 61.3 Å². The lowest BCUT2D eigenvalue weighted by atomic mass is 10.1. The van der Waals surface area contributed by atoms with Crippen LogP contribution in [0.2, 0.25) is 0 Å². The van der Waals surface area contributed by atoms with Gasteiger partial charge in [0.15, 0.2) is 11.4 Å². The molecular weight excluding hydrogens is 432 g/mol. The summed E-state index contributed by atoms with van der Waals surface area (Å²) in [6.45, 7) is 3.65. The molecule has 30 heavy (non-hydrogen) atoms. The first-order valence-electron chi connectivity index (χ1n) is 9.07. The molecule has 0 N–H and O–H groups in total. The molecule has 0 amide bonds.